The van der Waals surface area contributed by atoms with Crippen LogP contribution in [-0.4, -0.2) is 24.2 Å². The summed E-state index contributed by atoms with van der Waals surface area (Å²) in [4.78, 5) is 9.73. The Balaban J connectivity index is 1.98. The Labute approximate surface area is 124 Å². The number of nitrogens with zero attached hydrogens (tertiary/aromatic N) is 2. The molecule has 0 aliphatic heterocycles. The first-order valence-electron chi connectivity index (χ1n) is 5.89. The van der Waals surface area contributed by atoms with Crippen molar-refractivity contribution in [1.82, 2.24) is 9.97 Å². The summed E-state index contributed by atoms with van der Waals surface area (Å²) in [7, 11) is 3.26. The highest BCUT2D eigenvalue weighted by Crippen LogP contribution is 2.35. The summed E-state index contributed by atoms with van der Waals surface area (Å²) < 4.78 is 11.7. The zero-order valence-corrected chi connectivity index (χ0v) is 12.6. The van der Waals surface area contributed by atoms with Gasteiger partial charge in [0.15, 0.2) is 11.5 Å². The first-order chi connectivity index (χ1) is 9.80. The Morgan fingerprint density at radius 1 is 1.10 bits per heavy atom. The van der Waals surface area contributed by atoms with Crippen LogP contribution in [0.25, 0.3) is 22.4 Å². The minimum absolute atomic E-state index is 0.697. The maximum absolute atomic E-state index is 5.30. The molecule has 0 aliphatic rings. The summed E-state index contributed by atoms with van der Waals surface area (Å²) in [6, 6.07) is 3.85. The molecular weight excluding hydrogens is 292 g/mol. The van der Waals surface area contributed by atoms with E-state index < -0.39 is 0 Å². The van der Waals surface area contributed by atoms with Crippen LogP contribution in [0.4, 0.5) is 0 Å². The quantitative estimate of drug-likeness (QED) is 0.732. The predicted octanol–water partition coefficient (Wildman–Crippen LogP) is 3.94. The lowest BCUT2D eigenvalue weighted by Crippen LogP contribution is -1.89. The van der Waals surface area contributed by atoms with Gasteiger partial charge in [0.25, 0.3) is 0 Å². The number of hydrogen-bond acceptors (Lipinski definition) is 6. The first-order valence-corrected chi connectivity index (χ1v) is 7.59. The lowest BCUT2D eigenvalue weighted by Gasteiger charge is -2.05. The van der Waals surface area contributed by atoms with Crippen molar-refractivity contribution >= 4 is 45.0 Å². The molecule has 2 heterocycles. The Hall–Kier alpha value is -1.92. The smallest absolute Gasteiger partial charge is 0.162 e. The minimum atomic E-state index is 0.697. The van der Waals surface area contributed by atoms with Crippen molar-refractivity contribution in [2.24, 2.45) is 0 Å². The maximum atomic E-state index is 5.30. The second-order valence-electron chi connectivity index (χ2n) is 3.96. The second-order valence-corrected chi connectivity index (χ2v) is 5.94. The SMILES string of the molecule is COc1cc2nc(/C=C/c3cncs3)sc2cc1OC. The van der Waals surface area contributed by atoms with Crippen molar-refractivity contribution in [2.75, 3.05) is 14.2 Å². The van der Waals surface area contributed by atoms with Gasteiger partial charge in [-0.2, -0.15) is 0 Å². The first kappa shape index (κ1) is 13.1. The lowest BCUT2D eigenvalue weighted by molar-refractivity contribution is 0.356. The Bertz CT molecular complexity index is 707. The number of benzene rings is 1. The molecule has 0 N–H and O–H groups in total. The second kappa shape index (κ2) is 5.60. The van der Waals surface area contributed by atoms with Crippen LogP contribution in [0.2, 0.25) is 0 Å². The molecule has 3 aromatic rings. The molecule has 0 spiro atoms. The summed E-state index contributed by atoms with van der Waals surface area (Å²) in [5.74, 6) is 1.42. The van der Waals surface area contributed by atoms with E-state index in [4.69, 9.17) is 9.47 Å². The van der Waals surface area contributed by atoms with Crippen LogP contribution in [0.1, 0.15) is 9.88 Å². The van der Waals surface area contributed by atoms with E-state index in [1.807, 2.05) is 36.0 Å². The third-order valence-corrected chi connectivity index (χ3v) is 4.48. The zero-order chi connectivity index (χ0) is 13.9. The standard InChI is InChI=1S/C14H12N2O2S2/c1-17-11-5-10-13(6-12(11)18-2)20-14(16-10)4-3-9-7-15-8-19-9/h3-8H,1-2H3/b4-3+. The summed E-state index contributed by atoms with van der Waals surface area (Å²) >= 11 is 3.22. The predicted molar refractivity (Wildman–Crippen MR) is 83.8 cm³/mol. The lowest BCUT2D eigenvalue weighted by atomic mass is 10.3. The van der Waals surface area contributed by atoms with Gasteiger partial charge < -0.3 is 9.47 Å². The minimum Gasteiger partial charge on any atom is -0.493 e. The molecule has 6 heteroatoms. The molecule has 4 nitrogen and oxygen atoms in total. The topological polar surface area (TPSA) is 44.2 Å². The largest absolute Gasteiger partial charge is 0.493 e. The van der Waals surface area contributed by atoms with Gasteiger partial charge in [-0.15, -0.1) is 22.7 Å². The van der Waals surface area contributed by atoms with Crippen LogP contribution >= 0.6 is 22.7 Å². The third kappa shape index (κ3) is 2.52. The molecular formula is C14H12N2O2S2. The van der Waals surface area contributed by atoms with E-state index in [0.717, 1.165) is 25.9 Å². The summed E-state index contributed by atoms with van der Waals surface area (Å²) in [5, 5.41) is 0.948. The molecule has 0 atom stereocenters. The molecule has 0 radical (unpaired) electrons. The summed E-state index contributed by atoms with van der Waals surface area (Å²) in [5.41, 5.74) is 2.73. The molecule has 0 bridgehead atoms. The van der Waals surface area contributed by atoms with E-state index in [0.29, 0.717) is 5.75 Å². The Morgan fingerprint density at radius 2 is 1.90 bits per heavy atom. The monoisotopic (exact) mass is 304 g/mol. The van der Waals surface area contributed by atoms with E-state index in [1.165, 1.54) is 0 Å². The van der Waals surface area contributed by atoms with Crippen LogP contribution in [0.5, 0.6) is 11.5 Å². The van der Waals surface area contributed by atoms with Crippen LogP contribution in [0.3, 0.4) is 0 Å². The van der Waals surface area contributed by atoms with Crippen molar-refractivity contribution in [3.05, 3.63) is 33.7 Å². The molecule has 0 saturated carbocycles. The molecule has 20 heavy (non-hydrogen) atoms. The van der Waals surface area contributed by atoms with Crippen molar-refractivity contribution in [3.63, 3.8) is 0 Å². The van der Waals surface area contributed by atoms with E-state index in [2.05, 4.69) is 9.97 Å². The van der Waals surface area contributed by atoms with Crippen LogP contribution in [0.15, 0.2) is 23.8 Å². The molecule has 0 saturated heterocycles. The highest BCUT2D eigenvalue weighted by Gasteiger charge is 2.09. The van der Waals surface area contributed by atoms with Crippen molar-refractivity contribution < 1.29 is 9.47 Å². The molecule has 0 aliphatic carbocycles. The van der Waals surface area contributed by atoms with Crippen LogP contribution in [-0.2, 0) is 0 Å². The molecule has 2 aromatic heterocycles. The van der Waals surface area contributed by atoms with Crippen molar-refractivity contribution in [1.29, 1.82) is 0 Å². The van der Waals surface area contributed by atoms with Crippen LogP contribution < -0.4 is 9.47 Å². The molecule has 3 rings (SSSR count). The average Bonchev–Trinajstić information content (AvgIpc) is 3.11. The van der Waals surface area contributed by atoms with Gasteiger partial charge in [-0.25, -0.2) is 4.98 Å². The number of aromatic nitrogens is 2. The molecule has 0 fully saturated rings. The highest BCUT2D eigenvalue weighted by molar-refractivity contribution is 7.19. The van der Waals surface area contributed by atoms with Gasteiger partial charge in [-0.05, 0) is 12.2 Å². The average molecular weight is 304 g/mol. The number of ether oxygens (including phenoxy) is 2. The van der Waals surface area contributed by atoms with Gasteiger partial charge in [0.2, 0.25) is 0 Å². The molecule has 0 unspecified atom stereocenters. The number of rotatable bonds is 4. The van der Waals surface area contributed by atoms with E-state index >= 15 is 0 Å². The summed E-state index contributed by atoms with van der Waals surface area (Å²) in [6.07, 6.45) is 5.85. The molecule has 0 amide bonds. The van der Waals surface area contributed by atoms with E-state index in [-0.39, 0.29) is 0 Å². The summed E-state index contributed by atoms with van der Waals surface area (Å²) in [6.45, 7) is 0. The van der Waals surface area contributed by atoms with Gasteiger partial charge in [0, 0.05) is 23.2 Å². The number of thiazole rings is 2. The fourth-order valence-corrected chi connectivity index (χ4v) is 3.20. The van der Waals surface area contributed by atoms with Gasteiger partial charge in [0.05, 0.1) is 29.9 Å². The number of methoxy groups -OCH3 is 2. The molecule has 1 aromatic carbocycles. The van der Waals surface area contributed by atoms with Gasteiger partial charge in [-0.3, -0.25) is 4.98 Å². The zero-order valence-electron chi connectivity index (χ0n) is 11.0. The van der Waals surface area contributed by atoms with Crippen molar-refractivity contribution in [2.45, 2.75) is 0 Å². The van der Waals surface area contributed by atoms with Crippen LogP contribution in [0, 0.1) is 0 Å². The Kier molecular flexibility index (Phi) is 3.66. The number of fused-ring (bicyclic) bond motifs is 1. The van der Waals surface area contributed by atoms with Gasteiger partial charge in [0.1, 0.15) is 5.01 Å². The fraction of sp³-hybridized carbons (Fsp3) is 0.143. The highest BCUT2D eigenvalue weighted by atomic mass is 32.1. The van der Waals surface area contributed by atoms with Gasteiger partial charge in [-0.1, -0.05) is 0 Å². The maximum Gasteiger partial charge on any atom is 0.162 e. The Morgan fingerprint density at radius 3 is 2.60 bits per heavy atom. The van der Waals surface area contributed by atoms with E-state index in [9.17, 15) is 0 Å². The third-order valence-electron chi connectivity index (χ3n) is 2.75. The van der Waals surface area contributed by atoms with Gasteiger partial charge >= 0.3 is 0 Å². The fourth-order valence-electron chi connectivity index (χ4n) is 1.81. The van der Waals surface area contributed by atoms with E-state index in [1.54, 1.807) is 36.9 Å². The number of hydrogen-bond donors (Lipinski definition) is 0. The molecule has 102 valence electrons. The normalized spacial score (nSPS) is 11.3. The van der Waals surface area contributed by atoms with Crippen molar-refractivity contribution in [3.8, 4) is 11.5 Å².